The monoisotopic (exact) mass is 447 g/mol. The van der Waals surface area contributed by atoms with Crippen LogP contribution < -0.4 is 4.72 Å². The molecular formula is C13H19F6NO5S2. The maximum absolute atomic E-state index is 14.0. The Morgan fingerprint density at radius 2 is 1.33 bits per heavy atom. The minimum atomic E-state index is -7.01. The summed E-state index contributed by atoms with van der Waals surface area (Å²) >= 11 is 0. The van der Waals surface area contributed by atoms with Gasteiger partial charge in [-0.1, -0.05) is 13.3 Å². The molecule has 2 N–H and O–H groups in total. The van der Waals surface area contributed by atoms with E-state index in [1.165, 1.54) is 4.72 Å². The van der Waals surface area contributed by atoms with E-state index in [0.29, 0.717) is 32.1 Å². The van der Waals surface area contributed by atoms with Gasteiger partial charge in [0.15, 0.2) is 0 Å². The molecule has 27 heavy (non-hydrogen) atoms. The molecule has 6 nitrogen and oxygen atoms in total. The Morgan fingerprint density at radius 1 is 0.889 bits per heavy atom. The van der Waals surface area contributed by atoms with E-state index >= 15 is 0 Å². The molecule has 0 aromatic carbocycles. The van der Waals surface area contributed by atoms with Crippen molar-refractivity contribution in [3.8, 4) is 0 Å². The lowest BCUT2D eigenvalue weighted by molar-refractivity contribution is -0.246. The van der Waals surface area contributed by atoms with Crippen LogP contribution in [0.15, 0.2) is 0 Å². The van der Waals surface area contributed by atoms with Crippen LogP contribution in [-0.2, 0) is 20.1 Å². The van der Waals surface area contributed by atoms with Gasteiger partial charge in [-0.25, -0.2) is 13.1 Å². The van der Waals surface area contributed by atoms with Crippen molar-refractivity contribution in [3.63, 3.8) is 0 Å². The molecule has 0 amide bonds. The maximum atomic E-state index is 14.0. The van der Waals surface area contributed by atoms with Crippen LogP contribution in [0.4, 0.5) is 26.3 Å². The Kier molecular flexibility index (Phi) is 5.66. The topological polar surface area (TPSA) is 101 Å². The molecule has 2 aliphatic rings. The standard InChI is InChI=1S/C13H19F6NO5S2/c1-7-5-8-3-2-4-9(6-7)10(8)20-26(21,22)12(16,17)11(14,15)13(18,19)27(23,24)25/h7-10,20H,2-6H2,1H3,(H,23,24,25). The summed E-state index contributed by atoms with van der Waals surface area (Å²) in [5.41, 5.74) is 0. The van der Waals surface area contributed by atoms with Crippen LogP contribution in [0.5, 0.6) is 0 Å². The third kappa shape index (κ3) is 3.57. The lowest BCUT2D eigenvalue weighted by Crippen LogP contribution is -2.64. The second-order valence-electron chi connectivity index (χ2n) is 7.26. The van der Waals surface area contributed by atoms with E-state index in [2.05, 4.69) is 0 Å². The first-order chi connectivity index (χ1) is 12.0. The molecule has 2 unspecified atom stereocenters. The molecule has 2 fully saturated rings. The van der Waals surface area contributed by atoms with Gasteiger partial charge in [0.05, 0.1) is 0 Å². The van der Waals surface area contributed by atoms with Crippen LogP contribution in [0, 0.1) is 17.8 Å². The summed E-state index contributed by atoms with van der Waals surface area (Å²) in [6.07, 6.45) is 2.50. The highest BCUT2D eigenvalue weighted by molar-refractivity contribution is 7.91. The first-order valence-corrected chi connectivity index (χ1v) is 11.0. The minimum absolute atomic E-state index is 0.159. The van der Waals surface area contributed by atoms with E-state index in [9.17, 15) is 43.2 Å². The summed E-state index contributed by atoms with van der Waals surface area (Å²) in [7, 11) is -13.4. The van der Waals surface area contributed by atoms with Gasteiger partial charge >= 0.3 is 26.5 Å². The van der Waals surface area contributed by atoms with Crippen molar-refractivity contribution < 1.29 is 47.7 Å². The zero-order valence-corrected chi connectivity index (χ0v) is 15.6. The summed E-state index contributed by atoms with van der Waals surface area (Å²) < 4.78 is 136. The number of halogens is 6. The van der Waals surface area contributed by atoms with E-state index < -0.39 is 54.5 Å². The number of alkyl halides is 6. The normalized spacial score (nSPS) is 31.0. The molecule has 0 spiro atoms. The fourth-order valence-corrected chi connectivity index (χ4v) is 5.86. The van der Waals surface area contributed by atoms with E-state index in [1.807, 2.05) is 6.92 Å². The Balaban J connectivity index is 2.37. The van der Waals surface area contributed by atoms with Crippen molar-refractivity contribution in [2.75, 3.05) is 0 Å². The quantitative estimate of drug-likeness (QED) is 0.482. The smallest absolute Gasteiger partial charge is 0.281 e. The Bertz CT molecular complexity index is 771. The molecule has 2 rings (SSSR count). The van der Waals surface area contributed by atoms with Crippen molar-refractivity contribution in [3.05, 3.63) is 0 Å². The third-order valence-electron chi connectivity index (χ3n) is 5.26. The van der Waals surface area contributed by atoms with Gasteiger partial charge in [-0.05, 0) is 43.4 Å². The van der Waals surface area contributed by atoms with E-state index in [1.54, 1.807) is 0 Å². The molecule has 2 aliphatic carbocycles. The predicted octanol–water partition coefficient (Wildman–Crippen LogP) is 2.83. The van der Waals surface area contributed by atoms with Crippen molar-refractivity contribution in [1.29, 1.82) is 0 Å². The van der Waals surface area contributed by atoms with Crippen molar-refractivity contribution in [2.24, 2.45) is 17.8 Å². The number of sulfonamides is 1. The molecule has 0 aromatic heterocycles. The Morgan fingerprint density at radius 3 is 1.74 bits per heavy atom. The molecule has 2 saturated carbocycles. The zero-order valence-electron chi connectivity index (χ0n) is 14.0. The number of hydrogen-bond acceptors (Lipinski definition) is 4. The lowest BCUT2D eigenvalue weighted by atomic mass is 9.65. The van der Waals surface area contributed by atoms with Crippen LogP contribution in [0.25, 0.3) is 0 Å². The highest BCUT2D eigenvalue weighted by Gasteiger charge is 2.82. The molecule has 160 valence electrons. The summed E-state index contributed by atoms with van der Waals surface area (Å²) in [4.78, 5) is 0. The van der Waals surface area contributed by atoms with Crippen molar-refractivity contribution >= 4 is 20.1 Å². The number of hydrogen-bond donors (Lipinski definition) is 2. The highest BCUT2D eigenvalue weighted by Crippen LogP contribution is 2.51. The van der Waals surface area contributed by atoms with E-state index in [0.717, 1.165) is 0 Å². The molecular weight excluding hydrogens is 428 g/mol. The largest absolute Gasteiger partial charge is 0.439 e. The summed E-state index contributed by atoms with van der Waals surface area (Å²) in [5, 5.41) is -13.2. The van der Waals surface area contributed by atoms with Crippen molar-refractivity contribution in [1.82, 2.24) is 4.72 Å². The van der Waals surface area contributed by atoms with Crippen LogP contribution >= 0.6 is 0 Å². The van der Waals surface area contributed by atoms with Crippen LogP contribution in [0.1, 0.15) is 39.0 Å². The second-order valence-corrected chi connectivity index (χ2v) is 10.5. The summed E-state index contributed by atoms with van der Waals surface area (Å²) in [5.74, 6) is -7.59. The van der Waals surface area contributed by atoms with Crippen LogP contribution in [0.3, 0.4) is 0 Å². The van der Waals surface area contributed by atoms with Crippen LogP contribution in [-0.4, -0.2) is 43.9 Å². The molecule has 0 aromatic rings. The minimum Gasteiger partial charge on any atom is -0.281 e. The second kappa shape index (κ2) is 6.73. The fourth-order valence-electron chi connectivity index (χ4n) is 3.99. The third-order valence-corrected chi connectivity index (χ3v) is 7.68. The van der Waals surface area contributed by atoms with Gasteiger partial charge in [-0.3, -0.25) is 4.55 Å². The molecule has 0 saturated heterocycles. The maximum Gasteiger partial charge on any atom is 0.439 e. The van der Waals surface area contributed by atoms with Gasteiger partial charge in [0.2, 0.25) is 0 Å². The van der Waals surface area contributed by atoms with E-state index in [4.69, 9.17) is 4.55 Å². The average Bonchev–Trinajstić information content (AvgIpc) is 2.46. The molecule has 2 bridgehead atoms. The number of nitrogens with one attached hydrogen (secondary N) is 1. The average molecular weight is 447 g/mol. The molecule has 0 heterocycles. The zero-order chi connectivity index (χ0) is 21.1. The first-order valence-electron chi connectivity index (χ1n) is 8.08. The highest BCUT2D eigenvalue weighted by atomic mass is 32.2. The lowest BCUT2D eigenvalue weighted by Gasteiger charge is -2.45. The molecule has 14 heteroatoms. The first kappa shape index (κ1) is 22.7. The van der Waals surface area contributed by atoms with Gasteiger partial charge in [-0.2, -0.15) is 34.8 Å². The summed E-state index contributed by atoms with van der Waals surface area (Å²) in [6.45, 7) is 1.87. The SMILES string of the molecule is CC1CC2CCCC(C1)C2NS(=O)(=O)C(F)(F)C(F)(F)C(F)(F)S(=O)(=O)O. The van der Waals surface area contributed by atoms with Gasteiger partial charge in [0.1, 0.15) is 0 Å². The predicted molar refractivity (Wildman–Crippen MR) is 81.5 cm³/mol. The van der Waals surface area contributed by atoms with Gasteiger partial charge in [0, 0.05) is 6.04 Å². The number of rotatable bonds is 6. The molecule has 2 atom stereocenters. The van der Waals surface area contributed by atoms with Gasteiger partial charge < -0.3 is 0 Å². The van der Waals surface area contributed by atoms with Crippen LogP contribution in [0.2, 0.25) is 0 Å². The van der Waals surface area contributed by atoms with Gasteiger partial charge in [0.25, 0.3) is 10.0 Å². The van der Waals surface area contributed by atoms with Gasteiger partial charge in [-0.15, -0.1) is 0 Å². The summed E-state index contributed by atoms with van der Waals surface area (Å²) in [6, 6.07) is -1.14. The molecule has 0 aliphatic heterocycles. The molecule has 0 radical (unpaired) electrons. The van der Waals surface area contributed by atoms with E-state index in [-0.39, 0.29) is 5.92 Å². The number of fused-ring (bicyclic) bond motifs is 2. The Labute approximate surface area is 152 Å². The fraction of sp³-hybridized carbons (Fsp3) is 1.00. The Hall–Kier alpha value is -0.600. The van der Waals surface area contributed by atoms with Crippen molar-refractivity contribution in [2.45, 2.75) is 61.5 Å².